The Labute approximate surface area is 233 Å². The molecule has 0 aliphatic heterocycles. The standard InChI is InChI=1S/C29H46NO8P/c1-3-5-7-12-21-36-28(33)18-16-25(31)20-23-39(35,38-27-14-10-9-11-15-27)30-24-26(32)17-19-29(34)37-22-13-8-6-4-2/h9-11,14-15H,3-8,12-13,16-24H2,1-2H3,(H,30,35). The van der Waals surface area contributed by atoms with Crippen LogP contribution in [0.4, 0.5) is 0 Å². The van der Waals surface area contributed by atoms with Crippen molar-refractivity contribution in [2.75, 3.05) is 25.9 Å². The van der Waals surface area contributed by atoms with Crippen LogP contribution < -0.4 is 9.61 Å². The maximum Gasteiger partial charge on any atom is 0.317 e. The van der Waals surface area contributed by atoms with Crippen molar-refractivity contribution in [3.8, 4) is 5.75 Å². The number of carbonyl (C=O) groups is 4. The number of rotatable bonds is 24. The number of Topliss-reactive ketones (excluding diaryl/α,β-unsaturated/α-hetero) is 2. The van der Waals surface area contributed by atoms with Crippen LogP contribution in [0.2, 0.25) is 0 Å². The number of carbonyl (C=O) groups excluding carboxylic acids is 4. The fourth-order valence-electron chi connectivity index (χ4n) is 3.56. The van der Waals surface area contributed by atoms with E-state index in [9.17, 15) is 23.7 Å². The predicted octanol–water partition coefficient (Wildman–Crippen LogP) is 6.18. The van der Waals surface area contributed by atoms with Gasteiger partial charge in [-0.2, -0.15) is 0 Å². The first-order valence-corrected chi connectivity index (χ1v) is 16.0. The highest BCUT2D eigenvalue weighted by Crippen LogP contribution is 2.43. The Morgan fingerprint density at radius 3 is 1.77 bits per heavy atom. The third-order valence-electron chi connectivity index (χ3n) is 5.94. The van der Waals surface area contributed by atoms with Gasteiger partial charge in [0.05, 0.1) is 38.8 Å². The minimum absolute atomic E-state index is 0.0153. The topological polar surface area (TPSA) is 125 Å². The van der Waals surface area contributed by atoms with E-state index in [1.165, 1.54) is 0 Å². The van der Waals surface area contributed by atoms with Crippen LogP contribution in [-0.4, -0.2) is 49.4 Å². The van der Waals surface area contributed by atoms with E-state index >= 15 is 0 Å². The van der Waals surface area contributed by atoms with E-state index in [0.29, 0.717) is 19.0 Å². The van der Waals surface area contributed by atoms with Gasteiger partial charge < -0.3 is 14.0 Å². The minimum Gasteiger partial charge on any atom is -0.466 e. The zero-order chi connectivity index (χ0) is 28.8. The van der Waals surface area contributed by atoms with Crippen LogP contribution >= 0.6 is 7.52 Å². The van der Waals surface area contributed by atoms with Crippen molar-refractivity contribution < 1.29 is 37.7 Å². The van der Waals surface area contributed by atoms with Gasteiger partial charge in [0.2, 0.25) is 0 Å². The molecule has 0 aliphatic rings. The first-order chi connectivity index (χ1) is 18.8. The molecule has 0 saturated carbocycles. The molecule has 0 saturated heterocycles. The van der Waals surface area contributed by atoms with Crippen molar-refractivity contribution >= 4 is 31.0 Å². The predicted molar refractivity (Wildman–Crippen MR) is 151 cm³/mol. The molecule has 0 amide bonds. The van der Waals surface area contributed by atoms with Crippen LogP contribution in [0.1, 0.15) is 97.3 Å². The Bertz CT molecular complexity index is 856. The maximum atomic E-state index is 13.5. The lowest BCUT2D eigenvalue weighted by Gasteiger charge is -2.20. The number of unbranched alkanes of at least 4 members (excludes halogenated alkanes) is 6. The summed E-state index contributed by atoms with van der Waals surface area (Å²) < 4.78 is 29.5. The van der Waals surface area contributed by atoms with Gasteiger partial charge in [-0.1, -0.05) is 70.6 Å². The molecule has 0 aromatic heterocycles. The second-order valence-corrected chi connectivity index (χ2v) is 11.8. The largest absolute Gasteiger partial charge is 0.466 e. The Hall–Kier alpha value is -2.51. The smallest absolute Gasteiger partial charge is 0.317 e. The van der Waals surface area contributed by atoms with Crippen LogP contribution in [0.3, 0.4) is 0 Å². The number of benzene rings is 1. The summed E-state index contributed by atoms with van der Waals surface area (Å²) in [4.78, 5) is 48.5. The van der Waals surface area contributed by atoms with Crippen LogP contribution in [0.5, 0.6) is 5.75 Å². The Morgan fingerprint density at radius 1 is 0.692 bits per heavy atom. The van der Waals surface area contributed by atoms with E-state index in [4.69, 9.17) is 14.0 Å². The third kappa shape index (κ3) is 18.4. The molecule has 0 fully saturated rings. The first-order valence-electron chi connectivity index (χ1n) is 14.2. The summed E-state index contributed by atoms with van der Waals surface area (Å²) in [6.07, 6.45) is 7.59. The lowest BCUT2D eigenvalue weighted by molar-refractivity contribution is -0.145. The second kappa shape index (κ2) is 21.3. The molecule has 10 heteroatoms. The van der Waals surface area contributed by atoms with Crippen molar-refractivity contribution in [1.29, 1.82) is 0 Å². The quantitative estimate of drug-likeness (QED) is 0.0885. The molecule has 0 spiro atoms. The Balaban J connectivity index is 2.49. The zero-order valence-electron chi connectivity index (χ0n) is 23.6. The normalized spacial score (nSPS) is 12.4. The first kappa shape index (κ1) is 34.5. The molecule has 1 aromatic rings. The minimum atomic E-state index is -3.62. The third-order valence-corrected chi connectivity index (χ3v) is 7.89. The average molecular weight is 568 g/mol. The molecule has 0 heterocycles. The number of esters is 2. The van der Waals surface area contributed by atoms with Gasteiger partial charge in [-0.3, -0.25) is 23.7 Å². The molecule has 1 N–H and O–H groups in total. The number of para-hydroxylation sites is 1. The molecule has 220 valence electrons. The van der Waals surface area contributed by atoms with Crippen LogP contribution in [0.15, 0.2) is 30.3 Å². The van der Waals surface area contributed by atoms with Crippen molar-refractivity contribution in [3.05, 3.63) is 30.3 Å². The van der Waals surface area contributed by atoms with Gasteiger partial charge in [-0.15, -0.1) is 0 Å². The van der Waals surface area contributed by atoms with E-state index in [0.717, 1.165) is 51.4 Å². The summed E-state index contributed by atoms with van der Waals surface area (Å²) >= 11 is 0. The molecule has 1 atom stereocenters. The van der Waals surface area contributed by atoms with Crippen molar-refractivity contribution in [3.63, 3.8) is 0 Å². The Kier molecular flexibility index (Phi) is 18.9. The number of ether oxygens (including phenoxy) is 2. The van der Waals surface area contributed by atoms with Gasteiger partial charge in [0.25, 0.3) is 0 Å². The summed E-state index contributed by atoms with van der Waals surface area (Å²) in [5.74, 6) is -1.08. The van der Waals surface area contributed by atoms with Gasteiger partial charge in [0.15, 0.2) is 0 Å². The summed E-state index contributed by atoms with van der Waals surface area (Å²) in [5.41, 5.74) is 0. The molecule has 9 nitrogen and oxygen atoms in total. The number of hydrogen-bond acceptors (Lipinski definition) is 8. The van der Waals surface area contributed by atoms with Crippen molar-refractivity contribution in [2.45, 2.75) is 97.3 Å². The SMILES string of the molecule is CCCCCCOC(=O)CCC(=O)CCP(=O)(NCC(=O)CCC(=O)OCCCCCC)Oc1ccccc1. The monoisotopic (exact) mass is 567 g/mol. The molecule has 1 rings (SSSR count). The van der Waals surface area contributed by atoms with E-state index in [2.05, 4.69) is 18.9 Å². The molecule has 0 aliphatic carbocycles. The van der Waals surface area contributed by atoms with Crippen LogP contribution in [0, 0.1) is 0 Å². The zero-order valence-corrected chi connectivity index (χ0v) is 24.5. The van der Waals surface area contributed by atoms with Crippen molar-refractivity contribution in [2.24, 2.45) is 0 Å². The van der Waals surface area contributed by atoms with Gasteiger partial charge in [0, 0.05) is 19.3 Å². The summed E-state index contributed by atoms with van der Waals surface area (Å²) in [7, 11) is -3.62. The number of ketones is 2. The van der Waals surface area contributed by atoms with Gasteiger partial charge >= 0.3 is 19.5 Å². The number of nitrogens with one attached hydrogen (secondary N) is 1. The fourth-order valence-corrected chi connectivity index (χ4v) is 5.30. The van der Waals surface area contributed by atoms with Gasteiger partial charge in [-0.05, 0) is 25.0 Å². The van der Waals surface area contributed by atoms with Crippen LogP contribution in [-0.2, 0) is 33.2 Å². The lowest BCUT2D eigenvalue weighted by atomic mass is 10.2. The maximum absolute atomic E-state index is 13.5. The highest BCUT2D eigenvalue weighted by molar-refractivity contribution is 7.57. The summed E-state index contributed by atoms with van der Waals surface area (Å²) in [6.45, 7) is 4.62. The van der Waals surface area contributed by atoms with E-state index in [1.807, 2.05) is 0 Å². The van der Waals surface area contributed by atoms with Crippen LogP contribution in [0.25, 0.3) is 0 Å². The summed E-state index contributed by atoms with van der Waals surface area (Å²) in [6, 6.07) is 8.48. The molecule has 39 heavy (non-hydrogen) atoms. The second-order valence-electron chi connectivity index (χ2n) is 9.53. The molecule has 0 bridgehead atoms. The van der Waals surface area contributed by atoms with E-state index in [1.54, 1.807) is 30.3 Å². The molecular weight excluding hydrogens is 521 g/mol. The highest BCUT2D eigenvalue weighted by Gasteiger charge is 2.27. The molecule has 0 radical (unpaired) electrons. The number of hydrogen-bond donors (Lipinski definition) is 1. The Morgan fingerprint density at radius 2 is 1.23 bits per heavy atom. The molecular formula is C29H46NO8P. The molecule has 1 aromatic carbocycles. The van der Waals surface area contributed by atoms with Gasteiger partial charge in [0.1, 0.15) is 17.3 Å². The highest BCUT2D eigenvalue weighted by atomic mass is 31.2. The van der Waals surface area contributed by atoms with E-state index < -0.39 is 19.5 Å². The van der Waals surface area contributed by atoms with Crippen molar-refractivity contribution in [1.82, 2.24) is 5.09 Å². The fraction of sp³-hybridized carbons (Fsp3) is 0.655. The van der Waals surface area contributed by atoms with Gasteiger partial charge in [-0.25, -0.2) is 5.09 Å². The molecule has 1 unspecified atom stereocenters. The average Bonchev–Trinajstić information content (AvgIpc) is 2.93. The van der Waals surface area contributed by atoms with E-state index in [-0.39, 0.29) is 56.4 Å². The lowest BCUT2D eigenvalue weighted by Crippen LogP contribution is -2.25. The summed E-state index contributed by atoms with van der Waals surface area (Å²) in [5, 5.41) is 2.69.